The number of hydrogen-bond acceptors (Lipinski definition) is 3. The molecule has 3 nitrogen and oxygen atoms in total. The normalized spacial score (nSPS) is 11.1. The van der Waals surface area contributed by atoms with Gasteiger partial charge in [-0.25, -0.2) is 9.97 Å². The van der Waals surface area contributed by atoms with Crippen molar-refractivity contribution in [3.8, 4) is 11.8 Å². The molecular formula is C19H13ClF3N3. The molecular weight excluding hydrogens is 363 g/mol. The lowest BCUT2D eigenvalue weighted by Gasteiger charge is -2.08. The van der Waals surface area contributed by atoms with Crippen molar-refractivity contribution in [3.63, 3.8) is 0 Å². The number of alkyl halides is 3. The Morgan fingerprint density at radius 3 is 2.65 bits per heavy atom. The minimum absolute atomic E-state index is 0.352. The van der Waals surface area contributed by atoms with Gasteiger partial charge in [0.2, 0.25) is 0 Å². The van der Waals surface area contributed by atoms with Crippen LogP contribution in [0.1, 0.15) is 17.5 Å². The summed E-state index contributed by atoms with van der Waals surface area (Å²) in [6.07, 6.45) is -2.48. The molecule has 1 heterocycles. The summed E-state index contributed by atoms with van der Waals surface area (Å²) in [4.78, 5) is 8.40. The van der Waals surface area contributed by atoms with E-state index in [4.69, 9.17) is 11.6 Å². The van der Waals surface area contributed by atoms with Gasteiger partial charge in [0.25, 0.3) is 0 Å². The summed E-state index contributed by atoms with van der Waals surface area (Å²) in [5.41, 5.74) is 0.424. The molecule has 3 aromatic rings. The number of nitrogens with zero attached hydrogens (tertiary/aromatic N) is 2. The maximum Gasteiger partial charge on any atom is 0.417 e. The molecule has 2 aromatic carbocycles. The van der Waals surface area contributed by atoms with Crippen LogP contribution in [0.2, 0.25) is 5.02 Å². The van der Waals surface area contributed by atoms with Crippen molar-refractivity contribution in [2.24, 2.45) is 0 Å². The Hall–Kier alpha value is -2.78. The Labute approximate surface area is 153 Å². The molecule has 0 unspecified atom stereocenters. The van der Waals surface area contributed by atoms with Gasteiger partial charge in [-0.3, -0.25) is 0 Å². The van der Waals surface area contributed by atoms with Gasteiger partial charge in [-0.1, -0.05) is 35.6 Å². The Balaban J connectivity index is 1.62. The topological polar surface area (TPSA) is 37.8 Å². The number of fused-ring (bicyclic) bond motifs is 1. The van der Waals surface area contributed by atoms with Crippen LogP contribution in [0, 0.1) is 11.8 Å². The van der Waals surface area contributed by atoms with Gasteiger partial charge in [0.1, 0.15) is 12.1 Å². The van der Waals surface area contributed by atoms with Gasteiger partial charge < -0.3 is 5.32 Å². The Morgan fingerprint density at radius 1 is 1.08 bits per heavy atom. The van der Waals surface area contributed by atoms with Crippen LogP contribution in [0.5, 0.6) is 0 Å². The highest BCUT2D eigenvalue weighted by atomic mass is 35.5. The largest absolute Gasteiger partial charge is 0.417 e. The fraction of sp³-hybridized carbons (Fsp3) is 0.158. The first kappa shape index (κ1) is 18.0. The quantitative estimate of drug-likeness (QED) is 0.508. The zero-order valence-electron chi connectivity index (χ0n) is 13.4. The van der Waals surface area contributed by atoms with Crippen LogP contribution in [-0.2, 0) is 6.18 Å². The van der Waals surface area contributed by atoms with E-state index < -0.39 is 11.7 Å². The van der Waals surface area contributed by atoms with Gasteiger partial charge in [-0.2, -0.15) is 13.2 Å². The summed E-state index contributed by atoms with van der Waals surface area (Å²) >= 11 is 5.68. The summed E-state index contributed by atoms with van der Waals surface area (Å²) in [7, 11) is 0. The molecule has 0 spiro atoms. The second-order valence-corrected chi connectivity index (χ2v) is 5.82. The van der Waals surface area contributed by atoms with Gasteiger partial charge in [0.05, 0.1) is 16.1 Å². The van der Waals surface area contributed by atoms with Crippen molar-refractivity contribution in [1.29, 1.82) is 0 Å². The molecule has 0 aliphatic heterocycles. The molecule has 0 fully saturated rings. The lowest BCUT2D eigenvalue weighted by atomic mass is 10.1. The Morgan fingerprint density at radius 2 is 1.88 bits per heavy atom. The third-order valence-electron chi connectivity index (χ3n) is 3.59. The van der Waals surface area contributed by atoms with E-state index in [-0.39, 0.29) is 5.02 Å². The summed E-state index contributed by atoms with van der Waals surface area (Å²) in [6, 6.07) is 11.1. The van der Waals surface area contributed by atoms with Gasteiger partial charge in [-0.05, 0) is 30.3 Å². The zero-order chi connectivity index (χ0) is 18.6. The molecule has 0 aliphatic rings. The van der Waals surface area contributed by atoms with E-state index in [2.05, 4.69) is 27.1 Å². The maximum atomic E-state index is 12.7. The Bertz CT molecular complexity index is 985. The number of hydrogen-bond donors (Lipinski definition) is 1. The zero-order valence-corrected chi connectivity index (χ0v) is 14.2. The highest BCUT2D eigenvalue weighted by molar-refractivity contribution is 6.31. The third-order valence-corrected chi connectivity index (χ3v) is 3.91. The highest BCUT2D eigenvalue weighted by Gasteiger charge is 2.32. The second kappa shape index (κ2) is 7.63. The molecule has 0 atom stereocenters. The van der Waals surface area contributed by atoms with Gasteiger partial charge in [0, 0.05) is 23.9 Å². The van der Waals surface area contributed by atoms with Crippen LogP contribution in [0.3, 0.4) is 0 Å². The molecule has 1 N–H and O–H groups in total. The van der Waals surface area contributed by atoms with Crippen LogP contribution < -0.4 is 5.32 Å². The first-order chi connectivity index (χ1) is 12.4. The molecule has 0 amide bonds. The summed E-state index contributed by atoms with van der Waals surface area (Å²) < 4.78 is 38.0. The molecule has 0 saturated carbocycles. The van der Waals surface area contributed by atoms with Crippen molar-refractivity contribution >= 4 is 28.3 Å². The first-order valence-corrected chi connectivity index (χ1v) is 8.12. The highest BCUT2D eigenvalue weighted by Crippen LogP contribution is 2.34. The minimum Gasteiger partial charge on any atom is -0.368 e. The van der Waals surface area contributed by atoms with Crippen LogP contribution in [0.15, 0.2) is 48.8 Å². The molecule has 7 heteroatoms. The maximum absolute atomic E-state index is 12.7. The molecule has 0 saturated heterocycles. The molecule has 3 rings (SSSR count). The van der Waals surface area contributed by atoms with Crippen molar-refractivity contribution in [2.75, 3.05) is 11.9 Å². The van der Waals surface area contributed by atoms with E-state index in [0.717, 1.165) is 22.8 Å². The van der Waals surface area contributed by atoms with E-state index in [1.807, 2.05) is 24.3 Å². The van der Waals surface area contributed by atoms with Crippen LogP contribution in [0.25, 0.3) is 10.9 Å². The van der Waals surface area contributed by atoms with Crippen LogP contribution >= 0.6 is 11.6 Å². The van der Waals surface area contributed by atoms with E-state index in [1.54, 1.807) is 0 Å². The third kappa shape index (κ3) is 4.24. The van der Waals surface area contributed by atoms with E-state index in [0.29, 0.717) is 18.5 Å². The summed E-state index contributed by atoms with van der Waals surface area (Å²) in [6.45, 7) is 0.544. The number of aromatic nitrogens is 2. The standard InChI is InChI=1S/C19H13ClF3N3/c20-16-11-13(8-9-15(16)19(21,22)23)5-3-4-10-24-18-14-6-1-2-7-17(14)25-12-26-18/h1-2,6-9,11-12H,4,10H2,(H,24,25,26). The average Bonchev–Trinajstić information content (AvgIpc) is 2.60. The Kier molecular flexibility index (Phi) is 5.29. The predicted molar refractivity (Wildman–Crippen MR) is 96.0 cm³/mol. The van der Waals surface area contributed by atoms with Gasteiger partial charge in [0.15, 0.2) is 0 Å². The number of rotatable bonds is 3. The van der Waals surface area contributed by atoms with E-state index in [1.165, 1.54) is 18.5 Å². The molecule has 1 aromatic heterocycles. The van der Waals surface area contributed by atoms with Crippen LogP contribution in [-0.4, -0.2) is 16.5 Å². The number of anilines is 1. The second-order valence-electron chi connectivity index (χ2n) is 5.41. The number of nitrogens with one attached hydrogen (secondary N) is 1. The lowest BCUT2D eigenvalue weighted by Crippen LogP contribution is -2.05. The summed E-state index contributed by atoms with van der Waals surface area (Å²) in [5.74, 6) is 6.44. The minimum atomic E-state index is -4.47. The smallest absolute Gasteiger partial charge is 0.368 e. The number of halogens is 4. The van der Waals surface area contributed by atoms with Crippen molar-refractivity contribution in [1.82, 2.24) is 9.97 Å². The average molecular weight is 376 g/mol. The predicted octanol–water partition coefficient (Wildman–Crippen LogP) is 5.16. The van der Waals surface area contributed by atoms with Crippen molar-refractivity contribution in [2.45, 2.75) is 12.6 Å². The molecule has 0 radical (unpaired) electrons. The van der Waals surface area contributed by atoms with Crippen molar-refractivity contribution in [3.05, 3.63) is 64.9 Å². The lowest BCUT2D eigenvalue weighted by molar-refractivity contribution is -0.137. The molecule has 26 heavy (non-hydrogen) atoms. The van der Waals surface area contributed by atoms with Crippen molar-refractivity contribution < 1.29 is 13.2 Å². The molecule has 0 aliphatic carbocycles. The van der Waals surface area contributed by atoms with Gasteiger partial charge >= 0.3 is 6.18 Å². The molecule has 132 valence electrons. The summed E-state index contributed by atoms with van der Waals surface area (Å²) in [5, 5.41) is 3.75. The van der Waals surface area contributed by atoms with E-state index in [9.17, 15) is 13.2 Å². The first-order valence-electron chi connectivity index (χ1n) is 7.74. The fourth-order valence-corrected chi connectivity index (χ4v) is 2.66. The van der Waals surface area contributed by atoms with Gasteiger partial charge in [-0.15, -0.1) is 0 Å². The fourth-order valence-electron chi connectivity index (χ4n) is 2.38. The molecule has 0 bridgehead atoms. The number of para-hydroxylation sites is 1. The van der Waals surface area contributed by atoms with Crippen LogP contribution in [0.4, 0.5) is 19.0 Å². The monoisotopic (exact) mass is 375 g/mol. The number of benzene rings is 2. The SMILES string of the molecule is FC(F)(F)c1ccc(C#CCCNc2ncnc3ccccc23)cc1Cl. The van der Waals surface area contributed by atoms with E-state index >= 15 is 0 Å².